The van der Waals surface area contributed by atoms with E-state index in [2.05, 4.69) is 24.2 Å². The quantitative estimate of drug-likeness (QED) is 0.553. The molecule has 0 spiro atoms. The summed E-state index contributed by atoms with van der Waals surface area (Å²) in [7, 11) is 0. The molecule has 0 atom stereocenters. The summed E-state index contributed by atoms with van der Waals surface area (Å²) in [6, 6.07) is 13.6. The van der Waals surface area contributed by atoms with Gasteiger partial charge in [-0.25, -0.2) is 4.99 Å². The van der Waals surface area contributed by atoms with Crippen molar-refractivity contribution < 1.29 is 14.2 Å². The average Bonchev–Trinajstić information content (AvgIpc) is 2.92. The molecule has 0 aliphatic carbocycles. The molecule has 2 aromatic rings. The zero-order valence-electron chi connectivity index (χ0n) is 16.6. The Labute approximate surface area is 166 Å². The van der Waals surface area contributed by atoms with Crippen LogP contribution in [0.15, 0.2) is 47.5 Å². The topological polar surface area (TPSA) is 78.1 Å². The molecule has 28 heavy (non-hydrogen) atoms. The van der Waals surface area contributed by atoms with E-state index >= 15 is 0 Å². The van der Waals surface area contributed by atoms with Crippen LogP contribution >= 0.6 is 0 Å². The van der Waals surface area contributed by atoms with Gasteiger partial charge < -0.3 is 25.3 Å². The Hall–Kier alpha value is -2.89. The second-order valence-corrected chi connectivity index (χ2v) is 7.18. The van der Waals surface area contributed by atoms with Crippen molar-refractivity contribution in [3.63, 3.8) is 0 Å². The molecule has 0 unspecified atom stereocenters. The predicted octanol–water partition coefficient (Wildman–Crippen LogP) is 4.20. The van der Waals surface area contributed by atoms with Crippen LogP contribution in [0.4, 0.5) is 5.69 Å². The summed E-state index contributed by atoms with van der Waals surface area (Å²) in [6.07, 6.45) is 1.89. The lowest BCUT2D eigenvalue weighted by molar-refractivity contribution is 0.287. The zero-order valence-corrected chi connectivity index (χ0v) is 16.6. The highest BCUT2D eigenvalue weighted by molar-refractivity contribution is 5.92. The highest BCUT2D eigenvalue weighted by atomic mass is 16.5. The Balaban J connectivity index is 1.61. The van der Waals surface area contributed by atoms with Crippen LogP contribution in [0.3, 0.4) is 0 Å². The maximum absolute atomic E-state index is 6.08. The fourth-order valence-corrected chi connectivity index (χ4v) is 2.78. The summed E-state index contributed by atoms with van der Waals surface area (Å²) < 4.78 is 17.3. The SMILES string of the molecule is CC(C)CCOc1ccccc1CN=C(N)Nc1ccc2c(c1)OCCCO2. The summed E-state index contributed by atoms with van der Waals surface area (Å²) in [5.41, 5.74) is 7.90. The molecule has 0 aromatic heterocycles. The Morgan fingerprint density at radius 1 is 1.14 bits per heavy atom. The van der Waals surface area contributed by atoms with Gasteiger partial charge in [-0.3, -0.25) is 0 Å². The fourth-order valence-electron chi connectivity index (χ4n) is 2.78. The molecule has 0 amide bonds. The standard InChI is InChI=1S/C22H29N3O3/c1-16(2)10-13-28-19-7-4-3-6-17(19)15-24-22(23)25-18-8-9-20-21(14-18)27-12-5-11-26-20/h3-4,6-9,14,16H,5,10-13,15H2,1-2H3,(H3,23,24,25). The van der Waals surface area contributed by atoms with Gasteiger partial charge in [0.25, 0.3) is 0 Å². The Kier molecular flexibility index (Phi) is 7.00. The van der Waals surface area contributed by atoms with Gasteiger partial charge >= 0.3 is 0 Å². The third kappa shape index (κ3) is 5.81. The Morgan fingerprint density at radius 3 is 2.75 bits per heavy atom. The minimum absolute atomic E-state index is 0.339. The van der Waals surface area contributed by atoms with E-state index in [0.29, 0.717) is 38.2 Å². The molecule has 2 aromatic carbocycles. The molecule has 3 rings (SSSR count). The first-order valence-corrected chi connectivity index (χ1v) is 9.79. The number of aliphatic imine (C=N–C) groups is 1. The number of guanidine groups is 1. The van der Waals surface area contributed by atoms with Crippen molar-refractivity contribution in [3.05, 3.63) is 48.0 Å². The van der Waals surface area contributed by atoms with Crippen LogP contribution in [0.5, 0.6) is 17.2 Å². The van der Waals surface area contributed by atoms with E-state index in [0.717, 1.165) is 41.3 Å². The van der Waals surface area contributed by atoms with E-state index < -0.39 is 0 Å². The van der Waals surface area contributed by atoms with Gasteiger partial charge in [-0.1, -0.05) is 32.0 Å². The van der Waals surface area contributed by atoms with E-state index in [1.54, 1.807) is 0 Å². The van der Waals surface area contributed by atoms with Crippen LogP contribution in [0.1, 0.15) is 32.3 Å². The van der Waals surface area contributed by atoms with Crippen molar-refractivity contribution in [2.24, 2.45) is 16.6 Å². The molecule has 1 aliphatic heterocycles. The van der Waals surface area contributed by atoms with Gasteiger partial charge in [0.05, 0.1) is 26.4 Å². The number of rotatable bonds is 7. The van der Waals surface area contributed by atoms with E-state index in [9.17, 15) is 0 Å². The molecule has 1 aliphatic rings. The monoisotopic (exact) mass is 383 g/mol. The third-order valence-corrected chi connectivity index (χ3v) is 4.37. The summed E-state index contributed by atoms with van der Waals surface area (Å²) in [5.74, 6) is 3.28. The van der Waals surface area contributed by atoms with Gasteiger partial charge in [0.1, 0.15) is 5.75 Å². The van der Waals surface area contributed by atoms with Crippen molar-refractivity contribution >= 4 is 11.6 Å². The minimum atomic E-state index is 0.339. The third-order valence-electron chi connectivity index (χ3n) is 4.37. The first kappa shape index (κ1) is 19.9. The molecular formula is C22H29N3O3. The summed E-state index contributed by atoms with van der Waals surface area (Å²) in [5, 5.41) is 3.11. The highest BCUT2D eigenvalue weighted by Gasteiger charge is 2.11. The van der Waals surface area contributed by atoms with E-state index in [1.165, 1.54) is 0 Å². The Morgan fingerprint density at radius 2 is 1.93 bits per heavy atom. The highest BCUT2D eigenvalue weighted by Crippen LogP contribution is 2.32. The second kappa shape index (κ2) is 9.88. The molecule has 0 saturated heterocycles. The zero-order chi connectivity index (χ0) is 19.8. The first-order valence-electron chi connectivity index (χ1n) is 9.79. The number of nitrogens with zero attached hydrogens (tertiary/aromatic N) is 1. The van der Waals surface area contributed by atoms with Crippen molar-refractivity contribution in [2.45, 2.75) is 33.2 Å². The fraction of sp³-hybridized carbons (Fsp3) is 0.409. The van der Waals surface area contributed by atoms with Crippen molar-refractivity contribution in [1.29, 1.82) is 0 Å². The molecule has 150 valence electrons. The summed E-state index contributed by atoms with van der Waals surface area (Å²) >= 11 is 0. The van der Waals surface area contributed by atoms with E-state index in [-0.39, 0.29) is 0 Å². The van der Waals surface area contributed by atoms with Gasteiger partial charge in [-0.05, 0) is 30.5 Å². The van der Waals surface area contributed by atoms with Crippen LogP contribution < -0.4 is 25.3 Å². The molecule has 6 heteroatoms. The largest absolute Gasteiger partial charge is 0.493 e. The number of nitrogens with two attached hydrogens (primary N) is 1. The molecular weight excluding hydrogens is 354 g/mol. The molecule has 0 radical (unpaired) electrons. The maximum Gasteiger partial charge on any atom is 0.193 e. The van der Waals surface area contributed by atoms with Gasteiger partial charge in [-0.2, -0.15) is 0 Å². The lowest BCUT2D eigenvalue weighted by Crippen LogP contribution is -2.22. The van der Waals surface area contributed by atoms with E-state index in [4.69, 9.17) is 19.9 Å². The number of fused-ring (bicyclic) bond motifs is 1. The average molecular weight is 383 g/mol. The van der Waals surface area contributed by atoms with Crippen LogP contribution in [-0.4, -0.2) is 25.8 Å². The number of benzene rings is 2. The van der Waals surface area contributed by atoms with Crippen molar-refractivity contribution in [1.82, 2.24) is 0 Å². The number of nitrogens with one attached hydrogen (secondary N) is 1. The van der Waals surface area contributed by atoms with Crippen LogP contribution in [0.2, 0.25) is 0 Å². The van der Waals surface area contributed by atoms with Crippen LogP contribution in [0.25, 0.3) is 0 Å². The summed E-state index contributed by atoms with van der Waals surface area (Å²) in [4.78, 5) is 4.46. The van der Waals surface area contributed by atoms with Crippen LogP contribution in [0, 0.1) is 5.92 Å². The van der Waals surface area contributed by atoms with Crippen molar-refractivity contribution in [2.75, 3.05) is 25.1 Å². The van der Waals surface area contributed by atoms with Crippen LogP contribution in [-0.2, 0) is 6.54 Å². The van der Waals surface area contributed by atoms with E-state index in [1.807, 2.05) is 42.5 Å². The van der Waals surface area contributed by atoms with Gasteiger partial charge in [-0.15, -0.1) is 0 Å². The number of anilines is 1. The predicted molar refractivity (Wildman–Crippen MR) is 112 cm³/mol. The normalized spacial score (nSPS) is 13.9. The maximum atomic E-state index is 6.08. The van der Waals surface area contributed by atoms with Gasteiger partial charge in [0.15, 0.2) is 17.5 Å². The smallest absolute Gasteiger partial charge is 0.193 e. The first-order chi connectivity index (χ1) is 13.6. The van der Waals surface area contributed by atoms with Gasteiger partial charge in [0.2, 0.25) is 0 Å². The minimum Gasteiger partial charge on any atom is -0.493 e. The lowest BCUT2D eigenvalue weighted by atomic mass is 10.1. The molecule has 0 saturated carbocycles. The molecule has 0 bridgehead atoms. The summed E-state index contributed by atoms with van der Waals surface area (Å²) in [6.45, 7) is 6.83. The number of hydrogen-bond acceptors (Lipinski definition) is 4. The van der Waals surface area contributed by atoms with Crippen molar-refractivity contribution in [3.8, 4) is 17.2 Å². The lowest BCUT2D eigenvalue weighted by Gasteiger charge is -2.12. The molecule has 3 N–H and O–H groups in total. The number of para-hydroxylation sites is 1. The molecule has 0 fully saturated rings. The molecule has 1 heterocycles. The second-order valence-electron chi connectivity index (χ2n) is 7.18. The van der Waals surface area contributed by atoms with Gasteiger partial charge in [0, 0.05) is 23.7 Å². The molecule has 6 nitrogen and oxygen atoms in total. The number of hydrogen-bond donors (Lipinski definition) is 2. The number of ether oxygens (including phenoxy) is 3. The Bertz CT molecular complexity index is 805.